The van der Waals surface area contributed by atoms with Gasteiger partial charge in [-0.1, -0.05) is 30.7 Å². The molecule has 1 unspecified atom stereocenters. The van der Waals surface area contributed by atoms with Gasteiger partial charge in [0.1, 0.15) is 0 Å². The van der Waals surface area contributed by atoms with Crippen molar-refractivity contribution < 1.29 is 4.74 Å². The van der Waals surface area contributed by atoms with Gasteiger partial charge in [0.05, 0.1) is 12.7 Å². The second-order valence-electron chi connectivity index (χ2n) is 7.99. The van der Waals surface area contributed by atoms with Crippen LogP contribution in [0, 0.1) is 0 Å². The Hall–Kier alpha value is -1.63. The maximum Gasteiger partial charge on any atom is 0.191 e. The van der Waals surface area contributed by atoms with E-state index in [1.807, 2.05) is 7.05 Å². The van der Waals surface area contributed by atoms with E-state index in [2.05, 4.69) is 56.6 Å². The van der Waals surface area contributed by atoms with Gasteiger partial charge in [-0.15, -0.1) is 0 Å². The molecule has 2 saturated heterocycles. The third-order valence-corrected chi connectivity index (χ3v) is 5.58. The van der Waals surface area contributed by atoms with Gasteiger partial charge >= 0.3 is 0 Å². The summed E-state index contributed by atoms with van der Waals surface area (Å²) in [6.45, 7) is 11.3. The van der Waals surface area contributed by atoms with Crippen LogP contribution in [0.3, 0.4) is 0 Å². The Bertz CT molecular complexity index is 615. The molecule has 28 heavy (non-hydrogen) atoms. The molecule has 0 aliphatic carbocycles. The molecule has 0 radical (unpaired) electrons. The van der Waals surface area contributed by atoms with Crippen LogP contribution >= 0.6 is 0 Å². The number of ether oxygens (including phenoxy) is 1. The predicted octanol–water partition coefficient (Wildman–Crippen LogP) is 2.06. The predicted molar refractivity (Wildman–Crippen MR) is 116 cm³/mol. The van der Waals surface area contributed by atoms with Crippen molar-refractivity contribution in [1.82, 2.24) is 20.4 Å². The van der Waals surface area contributed by atoms with Crippen LogP contribution < -0.4 is 10.6 Å². The normalized spacial score (nSPS) is 22.2. The molecule has 0 saturated carbocycles. The lowest BCUT2D eigenvalue weighted by molar-refractivity contribution is -0.0212. The fourth-order valence-corrected chi connectivity index (χ4v) is 4.05. The number of guanidine groups is 1. The molecule has 156 valence electrons. The van der Waals surface area contributed by atoms with E-state index < -0.39 is 0 Å². The van der Waals surface area contributed by atoms with E-state index in [1.54, 1.807) is 0 Å². The highest BCUT2D eigenvalue weighted by atomic mass is 16.5. The molecule has 1 atom stereocenters. The molecule has 0 bridgehead atoms. The molecular weight excluding hydrogens is 350 g/mol. The number of benzene rings is 1. The molecule has 0 spiro atoms. The fraction of sp³-hybridized carbons (Fsp3) is 0.682. The quantitative estimate of drug-likeness (QED) is 0.554. The average molecular weight is 388 g/mol. The highest BCUT2D eigenvalue weighted by molar-refractivity contribution is 5.79. The van der Waals surface area contributed by atoms with Crippen molar-refractivity contribution in [2.45, 2.75) is 45.4 Å². The third kappa shape index (κ3) is 7.08. The van der Waals surface area contributed by atoms with Crippen LogP contribution in [0.5, 0.6) is 0 Å². The minimum atomic E-state index is 0.331. The van der Waals surface area contributed by atoms with E-state index in [4.69, 9.17) is 4.74 Å². The minimum absolute atomic E-state index is 0.331. The summed E-state index contributed by atoms with van der Waals surface area (Å²) in [4.78, 5) is 9.38. The van der Waals surface area contributed by atoms with E-state index in [1.165, 1.54) is 43.5 Å². The zero-order valence-electron chi connectivity index (χ0n) is 17.6. The smallest absolute Gasteiger partial charge is 0.191 e. The summed E-state index contributed by atoms with van der Waals surface area (Å²) in [5.41, 5.74) is 2.65. The minimum Gasteiger partial charge on any atom is -0.376 e. The molecule has 0 aromatic heterocycles. The summed E-state index contributed by atoms with van der Waals surface area (Å²) in [5, 5.41) is 6.90. The van der Waals surface area contributed by atoms with Crippen molar-refractivity contribution in [2.75, 3.05) is 52.9 Å². The number of morpholine rings is 1. The number of nitrogens with zero attached hydrogens (tertiary/aromatic N) is 3. The molecule has 2 aliphatic rings. The molecule has 6 heteroatoms. The lowest BCUT2D eigenvalue weighted by Crippen LogP contribution is -2.42. The Balaban J connectivity index is 1.41. The summed E-state index contributed by atoms with van der Waals surface area (Å²) in [6, 6.07) is 8.85. The molecule has 2 fully saturated rings. The molecule has 3 rings (SSSR count). The number of rotatable bonds is 7. The second kappa shape index (κ2) is 11.4. The SMILES string of the molecule is CN=C(NCCN1CCCCC1)NCc1cccc(CN2CCOC(C)C2)c1. The molecule has 6 nitrogen and oxygen atoms in total. The van der Waals surface area contributed by atoms with Crippen molar-refractivity contribution in [3.05, 3.63) is 35.4 Å². The van der Waals surface area contributed by atoms with Crippen LogP contribution in [-0.4, -0.2) is 74.8 Å². The van der Waals surface area contributed by atoms with Gasteiger partial charge in [-0.25, -0.2) is 0 Å². The first-order valence-corrected chi connectivity index (χ1v) is 10.8. The van der Waals surface area contributed by atoms with Crippen molar-refractivity contribution in [3.8, 4) is 0 Å². The van der Waals surface area contributed by atoms with Gasteiger partial charge in [0.2, 0.25) is 0 Å². The monoisotopic (exact) mass is 387 g/mol. The van der Waals surface area contributed by atoms with Gasteiger partial charge < -0.3 is 20.3 Å². The highest BCUT2D eigenvalue weighted by Crippen LogP contribution is 2.12. The Morgan fingerprint density at radius 2 is 1.93 bits per heavy atom. The Labute approximate surface area is 170 Å². The Morgan fingerprint density at radius 1 is 1.11 bits per heavy atom. The summed E-state index contributed by atoms with van der Waals surface area (Å²) in [5.74, 6) is 0.879. The molecular formula is C22H37N5O. The zero-order valence-corrected chi connectivity index (χ0v) is 17.6. The lowest BCUT2D eigenvalue weighted by Gasteiger charge is -2.31. The average Bonchev–Trinajstić information content (AvgIpc) is 2.71. The van der Waals surface area contributed by atoms with Gasteiger partial charge in [0.15, 0.2) is 5.96 Å². The summed E-state index contributed by atoms with van der Waals surface area (Å²) < 4.78 is 5.64. The first-order valence-electron chi connectivity index (χ1n) is 10.8. The van der Waals surface area contributed by atoms with Crippen LogP contribution in [0.15, 0.2) is 29.3 Å². The first kappa shape index (κ1) is 21.1. The number of hydrogen-bond donors (Lipinski definition) is 2. The van der Waals surface area contributed by atoms with E-state index in [-0.39, 0.29) is 0 Å². The molecule has 2 N–H and O–H groups in total. The molecule has 2 aliphatic heterocycles. The van der Waals surface area contributed by atoms with Crippen LogP contribution in [0.1, 0.15) is 37.3 Å². The van der Waals surface area contributed by atoms with Crippen molar-refractivity contribution >= 4 is 5.96 Å². The van der Waals surface area contributed by atoms with Crippen molar-refractivity contribution in [1.29, 1.82) is 0 Å². The van der Waals surface area contributed by atoms with Gasteiger partial charge in [-0.2, -0.15) is 0 Å². The summed E-state index contributed by atoms with van der Waals surface area (Å²) >= 11 is 0. The molecule has 1 aromatic carbocycles. The Morgan fingerprint density at radius 3 is 2.71 bits per heavy atom. The van der Waals surface area contributed by atoms with Crippen LogP contribution in [0.25, 0.3) is 0 Å². The topological polar surface area (TPSA) is 52.1 Å². The summed E-state index contributed by atoms with van der Waals surface area (Å²) in [7, 11) is 1.84. The molecule has 0 amide bonds. The van der Waals surface area contributed by atoms with Crippen LogP contribution in [0.4, 0.5) is 0 Å². The number of nitrogens with one attached hydrogen (secondary N) is 2. The van der Waals surface area contributed by atoms with E-state index in [9.17, 15) is 0 Å². The van der Waals surface area contributed by atoms with E-state index in [0.29, 0.717) is 6.10 Å². The standard InChI is InChI=1S/C22H37N5O/c1-19-17-27(13-14-28-19)18-21-8-6-7-20(15-21)16-25-22(23-2)24-9-12-26-10-4-3-5-11-26/h6-8,15,19H,3-5,9-14,16-18H2,1-2H3,(H2,23,24,25). The largest absolute Gasteiger partial charge is 0.376 e. The highest BCUT2D eigenvalue weighted by Gasteiger charge is 2.16. The fourth-order valence-electron chi connectivity index (χ4n) is 4.05. The second-order valence-corrected chi connectivity index (χ2v) is 7.99. The molecule has 1 aromatic rings. The number of hydrogen-bond acceptors (Lipinski definition) is 4. The van der Waals surface area contributed by atoms with Gasteiger partial charge in [0.25, 0.3) is 0 Å². The van der Waals surface area contributed by atoms with Crippen molar-refractivity contribution in [3.63, 3.8) is 0 Å². The lowest BCUT2D eigenvalue weighted by atomic mass is 10.1. The maximum atomic E-state index is 5.64. The number of piperidine rings is 1. The van der Waals surface area contributed by atoms with Crippen LogP contribution in [0.2, 0.25) is 0 Å². The molecule has 2 heterocycles. The van der Waals surface area contributed by atoms with E-state index in [0.717, 1.165) is 51.8 Å². The first-order chi connectivity index (χ1) is 13.7. The van der Waals surface area contributed by atoms with Crippen molar-refractivity contribution in [2.24, 2.45) is 4.99 Å². The van der Waals surface area contributed by atoms with E-state index >= 15 is 0 Å². The third-order valence-electron chi connectivity index (χ3n) is 5.58. The van der Waals surface area contributed by atoms with Gasteiger partial charge in [0, 0.05) is 46.3 Å². The van der Waals surface area contributed by atoms with Gasteiger partial charge in [-0.3, -0.25) is 9.89 Å². The summed E-state index contributed by atoms with van der Waals surface area (Å²) in [6.07, 6.45) is 4.40. The zero-order chi connectivity index (χ0) is 19.6. The maximum absolute atomic E-state index is 5.64. The number of aliphatic imine (C=N–C) groups is 1. The van der Waals surface area contributed by atoms with Crippen LogP contribution in [-0.2, 0) is 17.8 Å². The number of likely N-dealkylation sites (tertiary alicyclic amines) is 1. The Kier molecular flexibility index (Phi) is 8.58. The van der Waals surface area contributed by atoms with Gasteiger partial charge in [-0.05, 0) is 44.0 Å².